The number of carbonyl (C=O) groups excluding carboxylic acids is 3. The molecule has 4 saturated carbocycles. The van der Waals surface area contributed by atoms with E-state index in [1.165, 1.54) is 6.92 Å². The molecule has 6 rings (SSSR count). The molecule has 5 fully saturated rings. The van der Waals surface area contributed by atoms with Gasteiger partial charge in [0.2, 0.25) is 5.91 Å². The van der Waals surface area contributed by atoms with Gasteiger partial charge in [0.05, 0.1) is 25.4 Å². The number of aliphatic hydroxyl groups is 1. The quantitative estimate of drug-likeness (QED) is 0.502. The van der Waals surface area contributed by atoms with Crippen LogP contribution in [-0.2, 0) is 28.6 Å². The van der Waals surface area contributed by atoms with E-state index >= 15 is 0 Å². The van der Waals surface area contributed by atoms with Crippen LogP contribution in [0, 0.1) is 34.5 Å². The van der Waals surface area contributed by atoms with Crippen LogP contribution in [0.4, 0.5) is 0 Å². The molecular weight excluding hydrogens is 524 g/mol. The summed E-state index contributed by atoms with van der Waals surface area (Å²) in [5.41, 5.74) is -0.530. The minimum absolute atomic E-state index is 0.102. The second-order valence-electron chi connectivity index (χ2n) is 14.4. The molecule has 9 unspecified atom stereocenters. The van der Waals surface area contributed by atoms with Gasteiger partial charge in [-0.15, -0.1) is 0 Å². The highest BCUT2D eigenvalue weighted by Crippen LogP contribution is 2.70. The lowest BCUT2D eigenvalue weighted by atomic mass is 9.43. The third-order valence-electron chi connectivity index (χ3n) is 12.6. The Labute approximate surface area is 243 Å². The maximum atomic E-state index is 13.2. The molecule has 9 nitrogen and oxygen atoms in total. The van der Waals surface area contributed by atoms with Crippen molar-refractivity contribution in [2.24, 2.45) is 34.5 Å². The number of carbonyl (C=O) groups is 3. The van der Waals surface area contributed by atoms with Crippen molar-refractivity contribution in [2.75, 3.05) is 46.5 Å². The van der Waals surface area contributed by atoms with Crippen molar-refractivity contribution in [1.82, 2.24) is 9.80 Å². The van der Waals surface area contributed by atoms with Crippen molar-refractivity contribution in [3.05, 3.63) is 11.6 Å². The Morgan fingerprint density at radius 2 is 1.88 bits per heavy atom. The largest absolute Gasteiger partial charge is 0.462 e. The highest BCUT2D eigenvalue weighted by atomic mass is 16.5. The molecule has 0 aromatic rings. The maximum Gasteiger partial charge on any atom is 0.331 e. The van der Waals surface area contributed by atoms with Gasteiger partial charge >= 0.3 is 11.9 Å². The van der Waals surface area contributed by atoms with Crippen molar-refractivity contribution in [1.29, 1.82) is 0 Å². The fourth-order valence-electron chi connectivity index (χ4n) is 10.4. The Morgan fingerprint density at radius 3 is 2.56 bits per heavy atom. The van der Waals surface area contributed by atoms with E-state index in [0.717, 1.165) is 63.6 Å². The standard InChI is InChI=1S/C32H48N2O7/c1-20(35)41-26-17-32(38)25-6-5-22-16-23(33(4)27(36)18-34-11-13-39-14-12-34)7-9-30(22,2)24(25)8-10-31(32,3)29(26)21-15-28(37)40-19-21/h15,22-26,29,38H,5-14,16-19H2,1-4H3. The third-order valence-corrected chi connectivity index (χ3v) is 12.6. The molecule has 41 heavy (non-hydrogen) atoms. The van der Waals surface area contributed by atoms with Crippen molar-refractivity contribution in [3.8, 4) is 0 Å². The van der Waals surface area contributed by atoms with Gasteiger partial charge in [0.1, 0.15) is 12.7 Å². The average molecular weight is 573 g/mol. The number of fused-ring (bicyclic) bond motifs is 5. The highest BCUT2D eigenvalue weighted by Gasteiger charge is 2.71. The van der Waals surface area contributed by atoms with Crippen LogP contribution in [0.1, 0.15) is 72.1 Å². The Balaban J connectivity index is 1.19. The number of rotatable bonds is 5. The number of ether oxygens (including phenoxy) is 3. The van der Waals surface area contributed by atoms with E-state index in [1.807, 2.05) is 11.9 Å². The highest BCUT2D eigenvalue weighted by molar-refractivity contribution is 5.85. The molecule has 2 heterocycles. The molecule has 0 aromatic carbocycles. The number of hydrogen-bond acceptors (Lipinski definition) is 8. The van der Waals surface area contributed by atoms with E-state index in [-0.39, 0.29) is 47.7 Å². The minimum Gasteiger partial charge on any atom is -0.462 e. The summed E-state index contributed by atoms with van der Waals surface area (Å²) in [7, 11) is 1.98. The van der Waals surface area contributed by atoms with Gasteiger partial charge < -0.3 is 24.2 Å². The molecule has 9 atom stereocenters. The molecule has 0 radical (unpaired) electrons. The van der Waals surface area contributed by atoms with Crippen molar-refractivity contribution in [2.45, 2.75) is 89.9 Å². The lowest BCUT2D eigenvalue weighted by Gasteiger charge is -2.64. The third kappa shape index (κ3) is 4.74. The zero-order chi connectivity index (χ0) is 29.2. The van der Waals surface area contributed by atoms with E-state index < -0.39 is 17.1 Å². The van der Waals surface area contributed by atoms with Crippen molar-refractivity contribution >= 4 is 17.8 Å². The van der Waals surface area contributed by atoms with Gasteiger partial charge in [-0.2, -0.15) is 0 Å². The molecule has 6 aliphatic rings. The van der Waals surface area contributed by atoms with Crippen molar-refractivity contribution < 1.29 is 33.7 Å². The molecular formula is C32H48N2O7. The molecule has 0 spiro atoms. The molecule has 1 N–H and O–H groups in total. The summed E-state index contributed by atoms with van der Waals surface area (Å²) in [5, 5.41) is 12.7. The molecule has 0 bridgehead atoms. The smallest absolute Gasteiger partial charge is 0.331 e. The molecule has 4 aliphatic carbocycles. The summed E-state index contributed by atoms with van der Waals surface area (Å²) < 4.78 is 16.6. The van der Waals surface area contributed by atoms with Gasteiger partial charge in [-0.3, -0.25) is 14.5 Å². The Kier molecular flexibility index (Phi) is 7.55. The van der Waals surface area contributed by atoms with E-state index in [1.54, 1.807) is 6.08 Å². The van der Waals surface area contributed by atoms with E-state index in [9.17, 15) is 19.5 Å². The van der Waals surface area contributed by atoms with Crippen LogP contribution >= 0.6 is 0 Å². The van der Waals surface area contributed by atoms with Crippen LogP contribution in [0.5, 0.6) is 0 Å². The first kappa shape index (κ1) is 29.1. The van der Waals surface area contributed by atoms with Crippen molar-refractivity contribution in [3.63, 3.8) is 0 Å². The second-order valence-corrected chi connectivity index (χ2v) is 14.4. The SMILES string of the molecule is CC(=O)OC1CC2(O)C3CCC4CC(N(C)C(=O)CN5CCOCC5)CCC4(C)C3CCC2(C)C1C1=CC(=O)OC1. The van der Waals surface area contributed by atoms with Gasteiger partial charge in [0, 0.05) is 56.9 Å². The van der Waals surface area contributed by atoms with E-state index in [0.29, 0.717) is 38.0 Å². The average Bonchev–Trinajstić information content (AvgIpc) is 3.44. The summed E-state index contributed by atoms with van der Waals surface area (Å²) >= 11 is 0. The van der Waals surface area contributed by atoms with Crippen LogP contribution in [-0.4, -0.2) is 97.0 Å². The van der Waals surface area contributed by atoms with Gasteiger partial charge in [-0.05, 0) is 73.7 Å². The van der Waals surface area contributed by atoms with E-state index in [4.69, 9.17) is 14.2 Å². The maximum absolute atomic E-state index is 13.2. The summed E-state index contributed by atoms with van der Waals surface area (Å²) in [4.78, 5) is 41.6. The van der Waals surface area contributed by atoms with Gasteiger partial charge in [0.25, 0.3) is 0 Å². The lowest BCUT2D eigenvalue weighted by molar-refractivity contribution is -0.206. The molecule has 2 aliphatic heterocycles. The Bertz CT molecular complexity index is 1100. The first-order valence-corrected chi connectivity index (χ1v) is 15.8. The second kappa shape index (κ2) is 10.6. The fraction of sp³-hybridized carbons (Fsp3) is 0.844. The van der Waals surface area contributed by atoms with Crippen LogP contribution in [0.3, 0.4) is 0 Å². The first-order valence-electron chi connectivity index (χ1n) is 15.8. The first-order chi connectivity index (χ1) is 19.5. The zero-order valence-electron chi connectivity index (χ0n) is 25.2. The van der Waals surface area contributed by atoms with E-state index in [2.05, 4.69) is 18.7 Å². The Morgan fingerprint density at radius 1 is 1.12 bits per heavy atom. The summed E-state index contributed by atoms with van der Waals surface area (Å²) in [6, 6.07) is 0.256. The monoisotopic (exact) mass is 572 g/mol. The summed E-state index contributed by atoms with van der Waals surface area (Å²) in [5.74, 6) is 0.273. The summed E-state index contributed by atoms with van der Waals surface area (Å²) in [6.45, 7) is 9.71. The molecule has 228 valence electrons. The molecule has 1 saturated heterocycles. The van der Waals surface area contributed by atoms with Crippen LogP contribution in [0.25, 0.3) is 0 Å². The number of amides is 1. The lowest BCUT2D eigenvalue weighted by Crippen LogP contribution is -2.63. The number of nitrogens with zero attached hydrogens (tertiary/aromatic N) is 2. The fourth-order valence-corrected chi connectivity index (χ4v) is 10.4. The normalized spacial score (nSPS) is 44.2. The van der Waals surface area contributed by atoms with Crippen LogP contribution in [0.15, 0.2) is 11.6 Å². The Hall–Kier alpha value is -1.97. The number of hydrogen-bond donors (Lipinski definition) is 1. The zero-order valence-corrected chi connectivity index (χ0v) is 25.2. The predicted molar refractivity (Wildman–Crippen MR) is 150 cm³/mol. The predicted octanol–water partition coefficient (Wildman–Crippen LogP) is 2.94. The number of cyclic esters (lactones) is 1. The topological polar surface area (TPSA) is 106 Å². The van der Waals surface area contributed by atoms with Gasteiger partial charge in [-0.1, -0.05) is 13.8 Å². The number of esters is 2. The summed E-state index contributed by atoms with van der Waals surface area (Å²) in [6.07, 6.45) is 8.36. The number of likely N-dealkylation sites (N-methyl/N-ethyl adjacent to an activating group) is 1. The van der Waals surface area contributed by atoms with Crippen LogP contribution in [0.2, 0.25) is 0 Å². The minimum atomic E-state index is -0.983. The van der Waals surface area contributed by atoms with Crippen LogP contribution < -0.4 is 0 Å². The van der Waals surface area contributed by atoms with Gasteiger partial charge in [-0.25, -0.2) is 4.79 Å². The number of morpholine rings is 1. The molecule has 9 heteroatoms. The molecule has 0 aromatic heterocycles. The molecule has 1 amide bonds. The van der Waals surface area contributed by atoms with Gasteiger partial charge in [0.15, 0.2) is 0 Å².